The van der Waals surface area contributed by atoms with Gasteiger partial charge in [-0.3, -0.25) is 24.7 Å². The smallest absolute Gasteiger partial charge is 0.290 e. The molecule has 2 amide bonds. The number of amides is 2. The molecule has 3 rings (SSSR count). The topological polar surface area (TPSA) is 61.9 Å². The van der Waals surface area contributed by atoms with E-state index in [-0.39, 0.29) is 11.1 Å². The second-order valence-electron chi connectivity index (χ2n) is 6.09. The van der Waals surface area contributed by atoms with Crippen LogP contribution in [-0.4, -0.2) is 66.8 Å². The van der Waals surface area contributed by atoms with Crippen LogP contribution in [0.2, 0.25) is 0 Å². The maximum absolute atomic E-state index is 11.5. The van der Waals surface area contributed by atoms with Crippen molar-refractivity contribution in [3.63, 3.8) is 0 Å². The summed E-state index contributed by atoms with van der Waals surface area (Å²) in [6, 6.07) is 7.49. The number of rotatable bonds is 6. The minimum atomic E-state index is -0.345. The SMILES string of the molecule is C#CCN1CCN(CCOc2ccc(/C=C3/SC(=O)NC3=O)cc2)CC1. The number of carbonyl (C=O) groups is 2. The lowest BCUT2D eigenvalue weighted by Crippen LogP contribution is -2.47. The predicted octanol–water partition coefficient (Wildman–Crippen LogP) is 1.64. The zero-order chi connectivity index (χ0) is 18.4. The van der Waals surface area contributed by atoms with Crippen molar-refractivity contribution in [2.75, 3.05) is 45.9 Å². The zero-order valence-electron chi connectivity index (χ0n) is 14.4. The van der Waals surface area contributed by atoms with Crippen molar-refractivity contribution in [3.8, 4) is 18.1 Å². The van der Waals surface area contributed by atoms with Crippen LogP contribution in [0.25, 0.3) is 6.08 Å². The number of nitrogens with zero attached hydrogens (tertiary/aromatic N) is 2. The monoisotopic (exact) mass is 371 g/mol. The van der Waals surface area contributed by atoms with Gasteiger partial charge in [0.15, 0.2) is 0 Å². The second kappa shape index (κ2) is 8.90. The van der Waals surface area contributed by atoms with Crippen molar-refractivity contribution >= 4 is 29.0 Å². The molecule has 6 nitrogen and oxygen atoms in total. The highest BCUT2D eigenvalue weighted by molar-refractivity contribution is 8.18. The highest BCUT2D eigenvalue weighted by Gasteiger charge is 2.24. The molecule has 2 aliphatic heterocycles. The Labute approximate surface area is 157 Å². The van der Waals surface area contributed by atoms with Gasteiger partial charge in [-0.2, -0.15) is 0 Å². The van der Waals surface area contributed by atoms with Gasteiger partial charge in [-0.25, -0.2) is 0 Å². The van der Waals surface area contributed by atoms with Crippen LogP contribution in [0.15, 0.2) is 29.2 Å². The molecule has 0 saturated carbocycles. The Morgan fingerprint density at radius 2 is 1.85 bits per heavy atom. The molecule has 2 heterocycles. The van der Waals surface area contributed by atoms with E-state index in [0.717, 1.165) is 62.3 Å². The summed E-state index contributed by atoms with van der Waals surface area (Å²) >= 11 is 0.916. The number of hydrogen-bond donors (Lipinski definition) is 1. The van der Waals surface area contributed by atoms with Gasteiger partial charge in [-0.05, 0) is 35.5 Å². The van der Waals surface area contributed by atoms with Crippen LogP contribution in [0.1, 0.15) is 5.56 Å². The molecule has 0 radical (unpaired) electrons. The summed E-state index contributed by atoms with van der Waals surface area (Å²) in [4.78, 5) is 27.8. The molecule has 2 saturated heterocycles. The number of imide groups is 1. The quantitative estimate of drug-likeness (QED) is 0.606. The van der Waals surface area contributed by atoms with Crippen LogP contribution in [-0.2, 0) is 4.79 Å². The first-order valence-electron chi connectivity index (χ1n) is 8.50. The first-order valence-corrected chi connectivity index (χ1v) is 9.31. The minimum absolute atomic E-state index is 0.332. The zero-order valence-corrected chi connectivity index (χ0v) is 15.3. The van der Waals surface area contributed by atoms with E-state index in [1.54, 1.807) is 6.08 Å². The first-order chi connectivity index (χ1) is 12.6. The van der Waals surface area contributed by atoms with E-state index in [9.17, 15) is 9.59 Å². The third-order valence-electron chi connectivity index (χ3n) is 4.28. The molecular formula is C19H21N3O3S. The largest absolute Gasteiger partial charge is 0.492 e. The number of terminal acetylenes is 1. The first kappa shape index (κ1) is 18.5. The molecule has 2 aliphatic rings. The van der Waals surface area contributed by atoms with Gasteiger partial charge in [0.05, 0.1) is 11.4 Å². The molecule has 2 fully saturated rings. The summed E-state index contributed by atoms with van der Waals surface area (Å²) in [7, 11) is 0. The summed E-state index contributed by atoms with van der Waals surface area (Å²) in [5, 5.41) is 1.91. The van der Waals surface area contributed by atoms with E-state index in [1.807, 2.05) is 24.3 Å². The summed E-state index contributed by atoms with van der Waals surface area (Å²) in [6.45, 7) is 6.26. The van der Waals surface area contributed by atoms with Crippen molar-refractivity contribution in [1.29, 1.82) is 0 Å². The fourth-order valence-corrected chi connectivity index (χ4v) is 3.51. The Morgan fingerprint density at radius 1 is 1.15 bits per heavy atom. The number of benzene rings is 1. The Kier molecular flexibility index (Phi) is 6.34. The lowest BCUT2D eigenvalue weighted by atomic mass is 10.2. The maximum Gasteiger partial charge on any atom is 0.290 e. The van der Waals surface area contributed by atoms with E-state index < -0.39 is 0 Å². The predicted molar refractivity (Wildman–Crippen MR) is 103 cm³/mol. The van der Waals surface area contributed by atoms with Crippen LogP contribution in [0, 0.1) is 12.3 Å². The molecule has 7 heteroatoms. The highest BCUT2D eigenvalue weighted by Crippen LogP contribution is 2.26. The number of piperazine rings is 1. The van der Waals surface area contributed by atoms with Crippen LogP contribution in [0.3, 0.4) is 0 Å². The summed E-state index contributed by atoms with van der Waals surface area (Å²) in [5.41, 5.74) is 0.856. The fourth-order valence-electron chi connectivity index (χ4n) is 2.83. The van der Waals surface area contributed by atoms with Gasteiger partial charge in [0.1, 0.15) is 12.4 Å². The van der Waals surface area contributed by atoms with Gasteiger partial charge >= 0.3 is 0 Å². The normalized spacial score (nSPS) is 20.2. The van der Waals surface area contributed by atoms with Gasteiger partial charge in [0.2, 0.25) is 0 Å². The molecule has 1 aromatic rings. The summed E-state index contributed by atoms with van der Waals surface area (Å²) in [6.07, 6.45) is 7.04. The Hall–Kier alpha value is -2.27. The standard InChI is InChI=1S/C19H21N3O3S/c1-2-7-21-8-10-22(11-9-21)12-13-25-16-5-3-15(4-6-16)14-17-18(23)20-19(24)26-17/h1,3-6,14H,7-13H2,(H,20,23,24)/b17-14+. The Bertz CT molecular complexity index is 731. The molecule has 0 unspecified atom stereocenters. The molecule has 0 atom stereocenters. The highest BCUT2D eigenvalue weighted by atomic mass is 32.2. The Balaban J connectivity index is 1.42. The number of carbonyl (C=O) groups excluding carboxylic acids is 2. The second-order valence-corrected chi connectivity index (χ2v) is 7.11. The van der Waals surface area contributed by atoms with Gasteiger partial charge in [0, 0.05) is 32.7 Å². The average Bonchev–Trinajstić information content (AvgIpc) is 2.95. The van der Waals surface area contributed by atoms with Crippen molar-refractivity contribution < 1.29 is 14.3 Å². The number of hydrogen-bond acceptors (Lipinski definition) is 6. The third kappa shape index (κ3) is 5.11. The van der Waals surface area contributed by atoms with Crippen molar-refractivity contribution in [2.24, 2.45) is 0 Å². The van der Waals surface area contributed by atoms with E-state index in [0.29, 0.717) is 11.5 Å². The lowest BCUT2D eigenvalue weighted by Gasteiger charge is -2.33. The van der Waals surface area contributed by atoms with Crippen LogP contribution in [0.4, 0.5) is 4.79 Å². The number of ether oxygens (including phenoxy) is 1. The van der Waals surface area contributed by atoms with Gasteiger partial charge in [-0.1, -0.05) is 18.1 Å². The third-order valence-corrected chi connectivity index (χ3v) is 5.09. The van der Waals surface area contributed by atoms with Crippen molar-refractivity contribution in [1.82, 2.24) is 15.1 Å². The fraction of sp³-hybridized carbons (Fsp3) is 0.368. The summed E-state index contributed by atoms with van der Waals surface area (Å²) in [5.74, 6) is 3.13. The maximum atomic E-state index is 11.5. The lowest BCUT2D eigenvalue weighted by molar-refractivity contribution is -0.115. The molecule has 0 bridgehead atoms. The molecule has 0 aliphatic carbocycles. The molecular weight excluding hydrogens is 350 g/mol. The Morgan fingerprint density at radius 3 is 2.46 bits per heavy atom. The molecule has 0 aromatic heterocycles. The van der Waals surface area contributed by atoms with Gasteiger partial charge in [0.25, 0.3) is 11.1 Å². The van der Waals surface area contributed by atoms with E-state index in [2.05, 4.69) is 21.0 Å². The molecule has 1 aromatic carbocycles. The molecule has 0 spiro atoms. The molecule has 136 valence electrons. The molecule has 1 N–H and O–H groups in total. The van der Waals surface area contributed by atoms with E-state index in [4.69, 9.17) is 11.2 Å². The number of thioether (sulfide) groups is 1. The average molecular weight is 371 g/mol. The van der Waals surface area contributed by atoms with Crippen molar-refractivity contribution in [2.45, 2.75) is 0 Å². The number of nitrogens with one attached hydrogen (secondary N) is 1. The summed E-state index contributed by atoms with van der Waals surface area (Å²) < 4.78 is 5.80. The van der Waals surface area contributed by atoms with E-state index in [1.165, 1.54) is 0 Å². The minimum Gasteiger partial charge on any atom is -0.492 e. The van der Waals surface area contributed by atoms with Gasteiger partial charge in [-0.15, -0.1) is 6.42 Å². The van der Waals surface area contributed by atoms with Crippen LogP contribution < -0.4 is 10.1 Å². The van der Waals surface area contributed by atoms with Gasteiger partial charge < -0.3 is 4.74 Å². The van der Waals surface area contributed by atoms with Crippen LogP contribution in [0.5, 0.6) is 5.75 Å². The van der Waals surface area contributed by atoms with E-state index >= 15 is 0 Å². The van der Waals surface area contributed by atoms with Crippen molar-refractivity contribution in [3.05, 3.63) is 34.7 Å². The molecule has 26 heavy (non-hydrogen) atoms. The van der Waals surface area contributed by atoms with Crippen LogP contribution >= 0.6 is 11.8 Å².